The second kappa shape index (κ2) is 17.4. The molecular formula is C36H40N6O7. The van der Waals surface area contributed by atoms with E-state index in [1.165, 1.54) is 0 Å². The number of anilines is 2. The minimum atomic E-state index is -1.06. The van der Waals surface area contributed by atoms with Gasteiger partial charge in [0.2, 0.25) is 35.4 Å². The van der Waals surface area contributed by atoms with Crippen LogP contribution in [0.5, 0.6) is 0 Å². The first kappa shape index (κ1) is 36.0. The Morgan fingerprint density at radius 3 is 1.84 bits per heavy atom. The number of rotatable bonds is 16. The maximum atomic E-state index is 12.7. The van der Waals surface area contributed by atoms with E-state index in [1.807, 2.05) is 55.5 Å². The number of benzene rings is 3. The van der Waals surface area contributed by atoms with Crippen LogP contribution in [0, 0.1) is 6.92 Å². The Balaban J connectivity index is 1.09. The average Bonchev–Trinajstić information content (AvgIpc) is 3.89. The van der Waals surface area contributed by atoms with Gasteiger partial charge in [-0.25, -0.2) is 0 Å². The molecule has 256 valence electrons. The van der Waals surface area contributed by atoms with Gasteiger partial charge in [-0.2, -0.15) is 0 Å². The summed E-state index contributed by atoms with van der Waals surface area (Å²) in [5.41, 5.74) is 3.75. The number of aryl methyl sites for hydroxylation is 1. The highest BCUT2D eigenvalue weighted by molar-refractivity contribution is 6.03. The largest absolute Gasteiger partial charge is 0.392 e. The summed E-state index contributed by atoms with van der Waals surface area (Å²) in [7, 11) is 0. The highest BCUT2D eigenvalue weighted by Gasteiger charge is 2.51. The average molecular weight is 669 g/mol. The minimum Gasteiger partial charge on any atom is -0.392 e. The molecule has 1 saturated carbocycles. The number of nitrogens with one attached hydrogen (secondary N) is 6. The van der Waals surface area contributed by atoms with Gasteiger partial charge in [0.15, 0.2) is 0 Å². The van der Waals surface area contributed by atoms with Gasteiger partial charge in [-0.3, -0.25) is 28.8 Å². The van der Waals surface area contributed by atoms with Crippen molar-refractivity contribution in [1.82, 2.24) is 21.3 Å². The van der Waals surface area contributed by atoms with E-state index in [2.05, 4.69) is 31.9 Å². The SMILES string of the molecule is Cc1ccccc1/C=C\c1ccccc1NC(=O)CCC(=O)NCC(=O)NCC(=O)NCC(=O)NC1(C(=O)Nc2ccc(CO)cc2)CC1. The fourth-order valence-corrected chi connectivity index (χ4v) is 4.69. The lowest BCUT2D eigenvalue weighted by Gasteiger charge is -2.17. The summed E-state index contributed by atoms with van der Waals surface area (Å²) in [6, 6.07) is 21.9. The first-order valence-corrected chi connectivity index (χ1v) is 15.8. The second-order valence-electron chi connectivity index (χ2n) is 11.6. The molecule has 13 nitrogen and oxygen atoms in total. The Morgan fingerprint density at radius 2 is 1.20 bits per heavy atom. The zero-order valence-electron chi connectivity index (χ0n) is 27.1. The van der Waals surface area contributed by atoms with Crippen LogP contribution in [0.4, 0.5) is 11.4 Å². The fourth-order valence-electron chi connectivity index (χ4n) is 4.69. The molecule has 4 rings (SSSR count). The summed E-state index contributed by atoms with van der Waals surface area (Å²) in [4.78, 5) is 74.1. The molecular weight excluding hydrogens is 628 g/mol. The molecule has 7 N–H and O–H groups in total. The number of hydrogen-bond donors (Lipinski definition) is 7. The zero-order chi connectivity index (χ0) is 35.2. The van der Waals surface area contributed by atoms with Crippen molar-refractivity contribution in [1.29, 1.82) is 0 Å². The van der Waals surface area contributed by atoms with Crippen LogP contribution in [0.3, 0.4) is 0 Å². The molecule has 0 radical (unpaired) electrons. The van der Waals surface area contributed by atoms with Crippen molar-refractivity contribution in [2.24, 2.45) is 0 Å². The third-order valence-corrected chi connectivity index (χ3v) is 7.74. The van der Waals surface area contributed by atoms with Crippen molar-refractivity contribution in [3.8, 4) is 0 Å². The topological polar surface area (TPSA) is 195 Å². The maximum absolute atomic E-state index is 12.7. The van der Waals surface area contributed by atoms with Gasteiger partial charge < -0.3 is 37.0 Å². The molecule has 0 aromatic heterocycles. The third kappa shape index (κ3) is 11.4. The molecule has 6 amide bonds. The predicted molar refractivity (Wildman–Crippen MR) is 185 cm³/mol. The Bertz CT molecular complexity index is 1720. The number of amides is 6. The van der Waals surface area contributed by atoms with Crippen LogP contribution in [0.2, 0.25) is 0 Å². The second-order valence-corrected chi connectivity index (χ2v) is 11.6. The Morgan fingerprint density at radius 1 is 0.653 bits per heavy atom. The van der Waals surface area contributed by atoms with Crippen LogP contribution in [0.15, 0.2) is 72.8 Å². The molecule has 1 aliphatic rings. The summed E-state index contributed by atoms with van der Waals surface area (Å²) >= 11 is 0. The van der Waals surface area contributed by atoms with Crippen molar-refractivity contribution in [3.63, 3.8) is 0 Å². The van der Waals surface area contributed by atoms with Crippen LogP contribution in [-0.2, 0) is 35.4 Å². The predicted octanol–water partition coefficient (Wildman–Crippen LogP) is 2.01. The molecule has 0 spiro atoms. The highest BCUT2D eigenvalue weighted by atomic mass is 16.3. The minimum absolute atomic E-state index is 0.103. The number of carbonyl (C=O) groups is 6. The number of aliphatic hydroxyl groups excluding tert-OH is 1. The van der Waals surface area contributed by atoms with Crippen molar-refractivity contribution in [2.75, 3.05) is 30.3 Å². The number of hydrogen-bond acceptors (Lipinski definition) is 7. The highest BCUT2D eigenvalue weighted by Crippen LogP contribution is 2.36. The van der Waals surface area contributed by atoms with Gasteiger partial charge in [0.05, 0.1) is 26.2 Å². The molecule has 0 aliphatic heterocycles. The summed E-state index contributed by atoms with van der Waals surface area (Å²) in [6.45, 7) is 0.660. The van der Waals surface area contributed by atoms with Gasteiger partial charge in [0.25, 0.3) is 0 Å². The zero-order valence-corrected chi connectivity index (χ0v) is 27.1. The van der Waals surface area contributed by atoms with Crippen LogP contribution in [0.1, 0.15) is 47.9 Å². The molecule has 3 aromatic carbocycles. The van der Waals surface area contributed by atoms with Crippen LogP contribution < -0.4 is 31.9 Å². The van der Waals surface area contributed by atoms with Gasteiger partial charge >= 0.3 is 0 Å². The smallest absolute Gasteiger partial charge is 0.250 e. The van der Waals surface area contributed by atoms with Crippen molar-refractivity contribution < 1.29 is 33.9 Å². The molecule has 0 unspecified atom stereocenters. The fraction of sp³-hybridized carbons (Fsp3) is 0.278. The summed E-state index contributed by atoms with van der Waals surface area (Å²) in [5.74, 6) is -3.10. The molecule has 3 aromatic rings. The summed E-state index contributed by atoms with van der Waals surface area (Å²) < 4.78 is 0. The van der Waals surface area contributed by atoms with E-state index >= 15 is 0 Å². The number of para-hydroxylation sites is 1. The van der Waals surface area contributed by atoms with Crippen molar-refractivity contribution in [2.45, 2.75) is 44.8 Å². The molecule has 49 heavy (non-hydrogen) atoms. The van der Waals surface area contributed by atoms with Gasteiger partial charge in [0, 0.05) is 24.2 Å². The van der Waals surface area contributed by atoms with E-state index in [0.717, 1.165) is 16.7 Å². The normalized spacial score (nSPS) is 12.8. The van der Waals surface area contributed by atoms with Crippen molar-refractivity contribution in [3.05, 3.63) is 95.1 Å². The van der Waals surface area contributed by atoms with E-state index in [-0.39, 0.29) is 31.3 Å². The molecule has 0 atom stereocenters. The van der Waals surface area contributed by atoms with Gasteiger partial charge in [0.1, 0.15) is 5.54 Å². The van der Waals surface area contributed by atoms with E-state index in [1.54, 1.807) is 36.4 Å². The molecule has 1 fully saturated rings. The van der Waals surface area contributed by atoms with Crippen LogP contribution in [-0.4, -0.2) is 65.7 Å². The van der Waals surface area contributed by atoms with E-state index in [0.29, 0.717) is 29.8 Å². The Kier molecular flexibility index (Phi) is 12.8. The van der Waals surface area contributed by atoms with E-state index in [4.69, 9.17) is 5.11 Å². The van der Waals surface area contributed by atoms with Crippen LogP contribution in [0.25, 0.3) is 12.2 Å². The lowest BCUT2D eigenvalue weighted by Crippen LogP contribution is -2.50. The first-order chi connectivity index (χ1) is 23.6. The van der Waals surface area contributed by atoms with Crippen LogP contribution >= 0.6 is 0 Å². The van der Waals surface area contributed by atoms with Gasteiger partial charge in [-0.15, -0.1) is 0 Å². The third-order valence-electron chi connectivity index (χ3n) is 7.74. The maximum Gasteiger partial charge on any atom is 0.250 e. The molecule has 1 aliphatic carbocycles. The quantitative estimate of drug-likeness (QED) is 0.113. The van der Waals surface area contributed by atoms with Gasteiger partial charge in [-0.1, -0.05) is 66.7 Å². The Hall–Kier alpha value is -5.82. The lowest BCUT2D eigenvalue weighted by atomic mass is 10.1. The van der Waals surface area contributed by atoms with Crippen molar-refractivity contribution >= 4 is 59.0 Å². The van der Waals surface area contributed by atoms with Gasteiger partial charge in [-0.05, 0) is 60.2 Å². The molecule has 0 heterocycles. The summed E-state index contributed by atoms with van der Waals surface area (Å²) in [5, 5.41) is 24.5. The summed E-state index contributed by atoms with van der Waals surface area (Å²) in [6.07, 6.45) is 4.51. The van der Waals surface area contributed by atoms with E-state index in [9.17, 15) is 28.8 Å². The molecule has 13 heteroatoms. The number of aliphatic hydroxyl groups is 1. The lowest BCUT2D eigenvalue weighted by molar-refractivity contribution is -0.129. The Labute approximate surface area is 283 Å². The molecule has 0 bridgehead atoms. The first-order valence-electron chi connectivity index (χ1n) is 15.8. The van der Waals surface area contributed by atoms with E-state index < -0.39 is 48.8 Å². The molecule has 0 saturated heterocycles. The standard InChI is InChI=1S/C36H40N6O7/c1-24-6-2-3-7-26(24)12-13-27-8-4-5-9-29(27)41-31(45)17-16-30(44)37-20-32(46)38-21-33(47)39-22-34(48)42-36(18-19-36)35(49)40-28-14-10-25(23-43)11-15-28/h2-15,43H,16-23H2,1H3,(H,37,44)(H,38,46)(H,39,47)(H,40,49)(H,41,45)(H,42,48)/b13-12-. The monoisotopic (exact) mass is 668 g/mol. The number of carbonyl (C=O) groups excluding carboxylic acids is 6.